The number of hydrogen-bond donors (Lipinski definition) is 2. The summed E-state index contributed by atoms with van der Waals surface area (Å²) in [6, 6.07) is 5.97. The predicted octanol–water partition coefficient (Wildman–Crippen LogP) is 1.77. The normalized spacial score (nSPS) is 24.5. The summed E-state index contributed by atoms with van der Waals surface area (Å²) in [5.41, 5.74) is 2.66. The van der Waals surface area contributed by atoms with Gasteiger partial charge < -0.3 is 20.3 Å². The molecule has 1 aromatic carbocycles. The lowest BCUT2D eigenvalue weighted by atomic mass is 10.1. The number of amides is 1. The van der Waals surface area contributed by atoms with E-state index in [1.54, 1.807) is 0 Å². The molecule has 20 heavy (non-hydrogen) atoms. The molecule has 108 valence electrons. The van der Waals surface area contributed by atoms with Crippen molar-refractivity contribution >= 4 is 17.3 Å². The highest BCUT2D eigenvalue weighted by molar-refractivity contribution is 6.02. The van der Waals surface area contributed by atoms with Crippen LogP contribution in [0.1, 0.15) is 23.7 Å². The van der Waals surface area contributed by atoms with Gasteiger partial charge in [0.05, 0.1) is 29.1 Å². The number of benzene rings is 1. The van der Waals surface area contributed by atoms with Crippen molar-refractivity contribution < 1.29 is 9.53 Å². The number of ether oxygens (including phenoxy) is 1. The fraction of sp³-hybridized carbons (Fsp3) is 0.533. The lowest BCUT2D eigenvalue weighted by Gasteiger charge is -2.29. The monoisotopic (exact) mass is 275 g/mol. The maximum Gasteiger partial charge on any atom is 0.256 e. The van der Waals surface area contributed by atoms with Crippen molar-refractivity contribution in [2.24, 2.45) is 0 Å². The Labute approximate surface area is 119 Å². The molecule has 2 unspecified atom stereocenters. The minimum Gasteiger partial charge on any atom is -0.382 e. The fourth-order valence-corrected chi connectivity index (χ4v) is 3.02. The lowest BCUT2D eigenvalue weighted by Crippen LogP contribution is -2.41. The second-order valence-electron chi connectivity index (χ2n) is 5.43. The highest BCUT2D eigenvalue weighted by atomic mass is 16.5. The van der Waals surface area contributed by atoms with Gasteiger partial charge in [0, 0.05) is 26.7 Å². The van der Waals surface area contributed by atoms with Gasteiger partial charge in [-0.2, -0.15) is 0 Å². The molecule has 3 rings (SSSR count). The van der Waals surface area contributed by atoms with Crippen molar-refractivity contribution in [3.8, 4) is 0 Å². The molecular formula is C15H21N3O2. The number of fused-ring (bicyclic) bond motifs is 1. The Morgan fingerprint density at radius 2 is 2.15 bits per heavy atom. The molecule has 5 nitrogen and oxygen atoms in total. The van der Waals surface area contributed by atoms with E-state index in [4.69, 9.17) is 4.74 Å². The van der Waals surface area contributed by atoms with Gasteiger partial charge in [0.2, 0.25) is 0 Å². The zero-order chi connectivity index (χ0) is 14.1. The van der Waals surface area contributed by atoms with Gasteiger partial charge in [0.15, 0.2) is 0 Å². The van der Waals surface area contributed by atoms with E-state index < -0.39 is 0 Å². The molecule has 2 aliphatic rings. The van der Waals surface area contributed by atoms with Gasteiger partial charge in [-0.05, 0) is 25.5 Å². The van der Waals surface area contributed by atoms with Crippen molar-refractivity contribution in [2.45, 2.75) is 25.5 Å². The first-order valence-corrected chi connectivity index (χ1v) is 7.18. The molecule has 0 aromatic heterocycles. The third kappa shape index (κ3) is 2.22. The van der Waals surface area contributed by atoms with E-state index in [9.17, 15) is 4.79 Å². The number of rotatable bonds is 2. The van der Waals surface area contributed by atoms with Gasteiger partial charge in [0.25, 0.3) is 5.91 Å². The summed E-state index contributed by atoms with van der Waals surface area (Å²) in [5.74, 6) is 0.0559. The van der Waals surface area contributed by atoms with Gasteiger partial charge in [-0.25, -0.2) is 0 Å². The van der Waals surface area contributed by atoms with Crippen molar-refractivity contribution in [3.63, 3.8) is 0 Å². The van der Waals surface area contributed by atoms with Crippen molar-refractivity contribution in [1.29, 1.82) is 0 Å². The Bertz CT molecular complexity index is 518. The zero-order valence-electron chi connectivity index (χ0n) is 12.0. The summed E-state index contributed by atoms with van der Waals surface area (Å²) in [7, 11) is 1.87. The zero-order valence-corrected chi connectivity index (χ0v) is 12.0. The maximum atomic E-state index is 12.8. The first-order valence-electron chi connectivity index (χ1n) is 7.18. The predicted molar refractivity (Wildman–Crippen MR) is 79.3 cm³/mol. The molecule has 0 radical (unpaired) electrons. The quantitative estimate of drug-likeness (QED) is 0.864. The summed E-state index contributed by atoms with van der Waals surface area (Å²) in [6.45, 7) is 4.48. The second-order valence-corrected chi connectivity index (χ2v) is 5.43. The van der Waals surface area contributed by atoms with Crippen LogP contribution in [0.3, 0.4) is 0 Å². The number of anilines is 2. The van der Waals surface area contributed by atoms with E-state index in [1.807, 2.05) is 37.1 Å². The number of nitrogens with zero attached hydrogens (tertiary/aromatic N) is 1. The van der Waals surface area contributed by atoms with Crippen LogP contribution in [-0.2, 0) is 4.74 Å². The molecule has 0 aliphatic carbocycles. The molecule has 1 aromatic rings. The van der Waals surface area contributed by atoms with E-state index in [1.165, 1.54) is 0 Å². The van der Waals surface area contributed by atoms with Gasteiger partial charge in [0.1, 0.15) is 0 Å². The summed E-state index contributed by atoms with van der Waals surface area (Å²) in [5, 5.41) is 6.64. The van der Waals surface area contributed by atoms with Crippen LogP contribution >= 0.6 is 0 Å². The van der Waals surface area contributed by atoms with Crippen LogP contribution in [0.2, 0.25) is 0 Å². The van der Waals surface area contributed by atoms with Crippen LogP contribution in [0.5, 0.6) is 0 Å². The Hall–Kier alpha value is -1.75. The number of hydrogen-bond acceptors (Lipinski definition) is 4. The lowest BCUT2D eigenvalue weighted by molar-refractivity contribution is 0.0575. The second kappa shape index (κ2) is 5.32. The molecule has 2 atom stereocenters. The maximum absolute atomic E-state index is 12.8. The van der Waals surface area contributed by atoms with Crippen molar-refractivity contribution in [2.75, 3.05) is 37.4 Å². The van der Waals surface area contributed by atoms with E-state index in [2.05, 4.69) is 10.6 Å². The average molecular weight is 275 g/mol. The molecule has 1 amide bonds. The molecule has 5 heteroatoms. The molecule has 2 N–H and O–H groups in total. The van der Waals surface area contributed by atoms with Gasteiger partial charge in [-0.15, -0.1) is 0 Å². The molecule has 0 spiro atoms. The van der Waals surface area contributed by atoms with Crippen molar-refractivity contribution in [1.82, 2.24) is 4.90 Å². The Kier molecular flexibility index (Phi) is 3.53. The highest BCUT2D eigenvalue weighted by Gasteiger charge is 2.32. The molecule has 1 saturated heterocycles. The number of nitrogens with one attached hydrogen (secondary N) is 2. The van der Waals surface area contributed by atoms with Gasteiger partial charge >= 0.3 is 0 Å². The topological polar surface area (TPSA) is 53.6 Å². The minimum absolute atomic E-state index is 0.0559. The molecule has 0 saturated carbocycles. The SMILES string of the molecule is CC1OCCC1N(C)C(=O)c1cccc2c1NCCN2. The van der Waals surface area contributed by atoms with Crippen LogP contribution in [0.4, 0.5) is 11.4 Å². The van der Waals surface area contributed by atoms with Gasteiger partial charge in [-0.3, -0.25) is 4.79 Å². The van der Waals surface area contributed by atoms with Crippen LogP contribution in [0, 0.1) is 0 Å². The summed E-state index contributed by atoms with van der Waals surface area (Å²) < 4.78 is 5.56. The van der Waals surface area contributed by atoms with Crippen molar-refractivity contribution in [3.05, 3.63) is 23.8 Å². The molecular weight excluding hydrogens is 254 g/mol. The first-order chi connectivity index (χ1) is 9.68. The Balaban J connectivity index is 1.87. The minimum atomic E-state index is 0.0559. The van der Waals surface area contributed by atoms with Crippen LogP contribution in [-0.4, -0.2) is 49.7 Å². The van der Waals surface area contributed by atoms with Crippen LogP contribution in [0.15, 0.2) is 18.2 Å². The summed E-state index contributed by atoms with van der Waals surface area (Å²) in [6.07, 6.45) is 1.01. The summed E-state index contributed by atoms with van der Waals surface area (Å²) >= 11 is 0. The number of para-hydroxylation sites is 1. The number of likely N-dealkylation sites (N-methyl/N-ethyl adjacent to an activating group) is 1. The fourth-order valence-electron chi connectivity index (χ4n) is 3.02. The van der Waals surface area contributed by atoms with E-state index >= 15 is 0 Å². The van der Waals surface area contributed by atoms with E-state index in [0.29, 0.717) is 0 Å². The third-order valence-electron chi connectivity index (χ3n) is 4.19. The molecule has 1 fully saturated rings. The van der Waals surface area contributed by atoms with E-state index in [-0.39, 0.29) is 18.1 Å². The number of carbonyl (C=O) groups is 1. The Morgan fingerprint density at radius 3 is 2.90 bits per heavy atom. The highest BCUT2D eigenvalue weighted by Crippen LogP contribution is 2.30. The first kappa shape index (κ1) is 13.2. The third-order valence-corrected chi connectivity index (χ3v) is 4.19. The molecule has 0 bridgehead atoms. The van der Waals surface area contributed by atoms with E-state index in [0.717, 1.165) is 43.1 Å². The number of carbonyl (C=O) groups excluding carboxylic acids is 1. The standard InChI is InChI=1S/C15H21N3O2/c1-10-13(6-9-20-10)18(2)15(19)11-4-3-5-12-14(11)17-8-7-16-12/h3-5,10,13,16-17H,6-9H2,1-2H3. The summed E-state index contributed by atoms with van der Waals surface area (Å²) in [4.78, 5) is 14.6. The van der Waals surface area contributed by atoms with Gasteiger partial charge in [-0.1, -0.05) is 6.07 Å². The average Bonchev–Trinajstić information content (AvgIpc) is 2.91. The molecule has 2 aliphatic heterocycles. The largest absolute Gasteiger partial charge is 0.382 e. The van der Waals surface area contributed by atoms with Crippen LogP contribution < -0.4 is 10.6 Å². The van der Waals surface area contributed by atoms with Crippen LogP contribution in [0.25, 0.3) is 0 Å². The Morgan fingerprint density at radius 1 is 1.35 bits per heavy atom. The smallest absolute Gasteiger partial charge is 0.256 e. The molecule has 2 heterocycles.